The third-order valence-corrected chi connectivity index (χ3v) is 4.11. The summed E-state index contributed by atoms with van der Waals surface area (Å²) in [6, 6.07) is 22.0. The van der Waals surface area contributed by atoms with Crippen molar-refractivity contribution in [2.24, 2.45) is 5.29 Å². The molecule has 1 N–H and O–H groups in total. The Morgan fingerprint density at radius 2 is 1.30 bits per heavy atom. The molecule has 1 unspecified atom stereocenters. The van der Waals surface area contributed by atoms with Gasteiger partial charge in [-0.2, -0.15) is 0 Å². The highest BCUT2D eigenvalue weighted by Gasteiger charge is 2.29. The van der Waals surface area contributed by atoms with Gasteiger partial charge in [-0.3, -0.25) is 4.79 Å². The third-order valence-electron chi connectivity index (χ3n) is 4.11. The molecule has 0 aromatic heterocycles. The Bertz CT molecular complexity index is 941. The van der Waals surface area contributed by atoms with Crippen LogP contribution in [0, 0.1) is 4.91 Å². The molecule has 134 valence electrons. The van der Waals surface area contributed by atoms with Crippen molar-refractivity contribution >= 4 is 17.4 Å². The molecule has 0 spiro atoms. The van der Waals surface area contributed by atoms with Gasteiger partial charge in [-0.1, -0.05) is 60.7 Å². The molecule has 0 fully saturated rings. The summed E-state index contributed by atoms with van der Waals surface area (Å²) < 4.78 is 0. The molecule has 0 bridgehead atoms. The van der Waals surface area contributed by atoms with E-state index in [0.29, 0.717) is 16.7 Å². The Hall–Kier alpha value is -3.80. The molecule has 0 aliphatic carbocycles. The Morgan fingerprint density at radius 1 is 0.778 bits per heavy atom. The number of rotatable bonds is 7. The summed E-state index contributed by atoms with van der Waals surface area (Å²) >= 11 is 0. The lowest BCUT2D eigenvalue weighted by Gasteiger charge is -2.23. The summed E-state index contributed by atoms with van der Waals surface area (Å²) in [5, 5.41) is 13.4. The van der Waals surface area contributed by atoms with Crippen molar-refractivity contribution in [3.05, 3.63) is 107 Å². The van der Waals surface area contributed by atoms with Crippen LogP contribution in [-0.4, -0.2) is 16.9 Å². The van der Waals surface area contributed by atoms with Gasteiger partial charge in [0.2, 0.25) is 0 Å². The second-order valence-electron chi connectivity index (χ2n) is 5.82. The van der Waals surface area contributed by atoms with Crippen LogP contribution in [0.1, 0.15) is 27.5 Å². The Kier molecular flexibility index (Phi) is 5.37. The van der Waals surface area contributed by atoms with E-state index in [1.54, 1.807) is 66.7 Å². The van der Waals surface area contributed by atoms with Crippen LogP contribution in [0.15, 0.2) is 90.2 Å². The number of hydrogen-bond acceptors (Lipinski definition) is 4. The molecule has 3 rings (SSSR count). The number of aliphatic carboxylic acids is 1. The van der Waals surface area contributed by atoms with Crippen molar-refractivity contribution in [2.45, 2.75) is 6.04 Å². The van der Waals surface area contributed by atoms with Crippen molar-refractivity contribution in [3.63, 3.8) is 0 Å². The van der Waals surface area contributed by atoms with Gasteiger partial charge in [0.15, 0.2) is 11.8 Å². The molecule has 0 aliphatic rings. The first-order valence-electron chi connectivity index (χ1n) is 8.22. The zero-order valence-electron chi connectivity index (χ0n) is 14.2. The van der Waals surface area contributed by atoms with Gasteiger partial charge in [0.1, 0.15) is 0 Å². The average Bonchev–Trinajstić information content (AvgIpc) is 2.72. The first kappa shape index (κ1) is 18.0. The van der Waals surface area contributed by atoms with Crippen molar-refractivity contribution in [1.29, 1.82) is 0 Å². The van der Waals surface area contributed by atoms with Crippen LogP contribution in [0.4, 0.5) is 5.69 Å². The lowest BCUT2D eigenvalue weighted by Crippen LogP contribution is -2.29. The van der Waals surface area contributed by atoms with E-state index in [0.717, 1.165) is 5.01 Å². The minimum absolute atomic E-state index is 0.161. The van der Waals surface area contributed by atoms with Gasteiger partial charge >= 0.3 is 5.97 Å². The number of nitrogens with zero attached hydrogens (tertiary/aromatic N) is 2. The minimum atomic E-state index is -1.26. The molecule has 0 aliphatic heterocycles. The molecule has 27 heavy (non-hydrogen) atoms. The van der Waals surface area contributed by atoms with Crippen molar-refractivity contribution in [3.8, 4) is 0 Å². The van der Waals surface area contributed by atoms with Crippen LogP contribution < -0.4 is 5.01 Å². The van der Waals surface area contributed by atoms with Crippen LogP contribution in [0.25, 0.3) is 0 Å². The number of nitroso groups, excluding NO2 is 1. The highest BCUT2D eigenvalue weighted by Crippen LogP contribution is 2.28. The highest BCUT2D eigenvalue weighted by molar-refractivity contribution is 6.09. The fourth-order valence-electron chi connectivity index (χ4n) is 2.79. The standard InChI is InChI=1S/C21H16N2O4/c24-20(16-9-5-2-6-10-16)17-11-13-18(14-12-17)23(22-27)19(21(25)26)15-7-3-1-4-8-15/h1-14,19H,(H,25,26). The average molecular weight is 360 g/mol. The number of anilines is 1. The zero-order valence-corrected chi connectivity index (χ0v) is 14.2. The molecule has 6 nitrogen and oxygen atoms in total. The monoisotopic (exact) mass is 360 g/mol. The summed E-state index contributed by atoms with van der Waals surface area (Å²) in [6.45, 7) is 0. The SMILES string of the molecule is O=NN(c1ccc(C(=O)c2ccccc2)cc1)C(C(=O)O)c1ccccc1. The second kappa shape index (κ2) is 8.05. The Morgan fingerprint density at radius 3 is 1.81 bits per heavy atom. The quantitative estimate of drug-likeness (QED) is 0.387. The minimum Gasteiger partial charge on any atom is -0.479 e. The topological polar surface area (TPSA) is 87.0 Å². The fourth-order valence-corrected chi connectivity index (χ4v) is 2.79. The summed E-state index contributed by atoms with van der Waals surface area (Å²) in [7, 11) is 0. The molecule has 0 radical (unpaired) electrons. The van der Waals surface area contributed by atoms with E-state index in [1.807, 2.05) is 6.07 Å². The van der Waals surface area contributed by atoms with Gasteiger partial charge < -0.3 is 5.11 Å². The maximum atomic E-state index is 12.5. The lowest BCUT2D eigenvalue weighted by atomic mass is 10.0. The number of carbonyl (C=O) groups is 2. The van der Waals surface area contributed by atoms with Crippen LogP contribution in [-0.2, 0) is 4.79 Å². The van der Waals surface area contributed by atoms with Crippen molar-refractivity contribution in [2.75, 3.05) is 5.01 Å². The number of carboxylic acids is 1. The Labute approximate surface area is 155 Å². The second-order valence-corrected chi connectivity index (χ2v) is 5.82. The smallest absolute Gasteiger partial charge is 0.333 e. The van der Waals surface area contributed by atoms with E-state index in [9.17, 15) is 19.6 Å². The van der Waals surface area contributed by atoms with E-state index in [4.69, 9.17) is 0 Å². The normalized spacial score (nSPS) is 11.4. The first-order valence-corrected chi connectivity index (χ1v) is 8.22. The summed E-state index contributed by atoms with van der Waals surface area (Å²) in [6.07, 6.45) is 0. The number of benzene rings is 3. The van der Waals surface area contributed by atoms with Crippen LogP contribution in [0.2, 0.25) is 0 Å². The van der Waals surface area contributed by atoms with Gasteiger partial charge in [-0.05, 0) is 29.8 Å². The van der Waals surface area contributed by atoms with Gasteiger partial charge in [-0.15, -0.1) is 4.91 Å². The highest BCUT2D eigenvalue weighted by atomic mass is 16.4. The summed E-state index contributed by atoms with van der Waals surface area (Å²) in [4.78, 5) is 35.6. The van der Waals surface area contributed by atoms with Crippen LogP contribution >= 0.6 is 0 Å². The number of carbonyl (C=O) groups excluding carboxylic acids is 1. The predicted octanol–water partition coefficient (Wildman–Crippen LogP) is 4.23. The maximum absolute atomic E-state index is 12.5. The van der Waals surface area contributed by atoms with Crippen molar-refractivity contribution < 1.29 is 14.7 Å². The number of carboxylic acid groups (broad SMARTS) is 1. The zero-order chi connectivity index (χ0) is 19.2. The van der Waals surface area contributed by atoms with E-state index in [2.05, 4.69) is 5.29 Å². The predicted molar refractivity (Wildman–Crippen MR) is 101 cm³/mol. The van der Waals surface area contributed by atoms with E-state index in [1.165, 1.54) is 12.1 Å². The molecular weight excluding hydrogens is 344 g/mol. The molecule has 0 amide bonds. The van der Waals surface area contributed by atoms with Gasteiger partial charge in [0, 0.05) is 11.1 Å². The van der Waals surface area contributed by atoms with E-state index < -0.39 is 12.0 Å². The molecule has 0 saturated heterocycles. The Balaban J connectivity index is 1.91. The molecule has 3 aromatic rings. The maximum Gasteiger partial charge on any atom is 0.333 e. The first-order chi connectivity index (χ1) is 13.1. The number of hydrogen-bond donors (Lipinski definition) is 1. The third kappa shape index (κ3) is 3.90. The largest absolute Gasteiger partial charge is 0.479 e. The summed E-state index contributed by atoms with van der Waals surface area (Å²) in [5.41, 5.74) is 1.69. The van der Waals surface area contributed by atoms with E-state index >= 15 is 0 Å². The molecule has 0 heterocycles. The van der Waals surface area contributed by atoms with Crippen LogP contribution in [0.3, 0.4) is 0 Å². The molecule has 3 aromatic carbocycles. The van der Waals surface area contributed by atoms with Gasteiger partial charge in [0.05, 0.1) is 11.0 Å². The molecule has 6 heteroatoms. The van der Waals surface area contributed by atoms with Gasteiger partial charge in [0.25, 0.3) is 0 Å². The van der Waals surface area contributed by atoms with Crippen LogP contribution in [0.5, 0.6) is 0 Å². The molecular formula is C21H16N2O4. The molecule has 0 saturated carbocycles. The summed E-state index contributed by atoms with van der Waals surface area (Å²) in [5.74, 6) is -1.36. The van der Waals surface area contributed by atoms with E-state index in [-0.39, 0.29) is 11.5 Å². The number of ketones is 1. The lowest BCUT2D eigenvalue weighted by molar-refractivity contribution is -0.138. The fraction of sp³-hybridized carbons (Fsp3) is 0.0476. The van der Waals surface area contributed by atoms with Crippen molar-refractivity contribution in [1.82, 2.24) is 0 Å². The van der Waals surface area contributed by atoms with Gasteiger partial charge in [-0.25, -0.2) is 9.80 Å². The molecule has 1 atom stereocenters.